The van der Waals surface area contributed by atoms with Gasteiger partial charge in [0, 0.05) is 38.8 Å². The monoisotopic (exact) mass is 335 g/mol. The first-order valence-electron chi connectivity index (χ1n) is 8.58. The molecule has 1 heterocycles. The van der Waals surface area contributed by atoms with Crippen molar-refractivity contribution in [2.75, 3.05) is 40.0 Å². The Morgan fingerprint density at radius 3 is 2.71 bits per heavy atom. The number of phenolic OH excluding ortho intramolecular Hbond substituents is 1. The van der Waals surface area contributed by atoms with E-state index >= 15 is 0 Å². The first kappa shape index (κ1) is 18.5. The van der Waals surface area contributed by atoms with E-state index in [9.17, 15) is 10.2 Å². The molecule has 0 amide bonds. The molecule has 0 aliphatic carbocycles. The Morgan fingerprint density at radius 2 is 2.08 bits per heavy atom. The van der Waals surface area contributed by atoms with Crippen molar-refractivity contribution < 1.29 is 14.9 Å². The molecule has 1 aromatic carbocycles. The molecule has 1 unspecified atom stereocenters. The molecule has 1 saturated heterocycles. The molecule has 1 aromatic rings. The lowest BCUT2D eigenvalue weighted by Crippen LogP contribution is -2.44. The van der Waals surface area contributed by atoms with Gasteiger partial charge in [0.25, 0.3) is 0 Å². The maximum absolute atomic E-state index is 9.28. The van der Waals surface area contributed by atoms with E-state index < -0.39 is 0 Å². The van der Waals surface area contributed by atoms with E-state index in [0.717, 1.165) is 51.3 Å². The molecule has 1 atom stereocenters. The molecular weight excluding hydrogens is 306 g/mol. The number of hydrogen-bond donors (Lipinski definition) is 4. The van der Waals surface area contributed by atoms with Crippen LogP contribution in [0.1, 0.15) is 24.8 Å². The lowest BCUT2D eigenvalue weighted by atomic mass is 9.84. The fraction of sp³-hybridized carbons (Fsp3) is 0.611. The van der Waals surface area contributed by atoms with Crippen LogP contribution in [0.25, 0.3) is 0 Å². The minimum absolute atomic E-state index is 0.0123. The molecule has 0 saturated carbocycles. The summed E-state index contributed by atoms with van der Waals surface area (Å²) in [6.45, 7) is 3.22. The molecule has 1 aliphatic rings. The molecule has 0 radical (unpaired) electrons. The number of hydrogen-bond acceptors (Lipinski definition) is 4. The molecule has 2 rings (SSSR count). The van der Waals surface area contributed by atoms with Crippen molar-refractivity contribution in [3.8, 4) is 5.75 Å². The summed E-state index contributed by atoms with van der Waals surface area (Å²) < 4.78 is 5.51. The van der Waals surface area contributed by atoms with E-state index in [1.807, 2.05) is 12.1 Å². The van der Waals surface area contributed by atoms with Crippen molar-refractivity contribution in [3.05, 3.63) is 29.8 Å². The number of aryl methyl sites for hydroxylation is 1. The molecule has 0 aromatic heterocycles. The van der Waals surface area contributed by atoms with Crippen molar-refractivity contribution in [2.24, 2.45) is 10.4 Å². The van der Waals surface area contributed by atoms with Gasteiger partial charge in [-0.15, -0.1) is 0 Å². The minimum atomic E-state index is 0.0123. The second-order valence-corrected chi connectivity index (χ2v) is 6.40. The Morgan fingerprint density at radius 1 is 1.29 bits per heavy atom. The molecule has 24 heavy (non-hydrogen) atoms. The maximum Gasteiger partial charge on any atom is 0.190 e. The van der Waals surface area contributed by atoms with Gasteiger partial charge in [-0.1, -0.05) is 12.1 Å². The Hall–Kier alpha value is -1.79. The van der Waals surface area contributed by atoms with Gasteiger partial charge in [0.2, 0.25) is 0 Å². The number of benzene rings is 1. The van der Waals surface area contributed by atoms with Crippen LogP contribution in [0.4, 0.5) is 0 Å². The van der Waals surface area contributed by atoms with E-state index in [1.165, 1.54) is 5.56 Å². The summed E-state index contributed by atoms with van der Waals surface area (Å²) in [6.07, 6.45) is 3.65. The number of guanidine groups is 1. The molecule has 0 spiro atoms. The van der Waals surface area contributed by atoms with E-state index in [0.29, 0.717) is 12.4 Å². The van der Waals surface area contributed by atoms with Gasteiger partial charge in [-0.2, -0.15) is 0 Å². The van der Waals surface area contributed by atoms with Crippen LogP contribution < -0.4 is 10.6 Å². The van der Waals surface area contributed by atoms with Crippen molar-refractivity contribution in [2.45, 2.75) is 25.7 Å². The van der Waals surface area contributed by atoms with Gasteiger partial charge in [0.15, 0.2) is 5.96 Å². The van der Waals surface area contributed by atoms with Crippen LogP contribution in [0.15, 0.2) is 29.3 Å². The number of aliphatic hydroxyl groups is 1. The van der Waals surface area contributed by atoms with Crippen LogP contribution in [0.5, 0.6) is 5.75 Å². The minimum Gasteiger partial charge on any atom is -0.508 e. The SMILES string of the molecule is CN=C(NCCCc1ccc(O)cc1)NCC1(CCO)CCOC1. The summed E-state index contributed by atoms with van der Waals surface area (Å²) in [5.74, 6) is 1.08. The molecule has 1 fully saturated rings. The summed E-state index contributed by atoms with van der Waals surface area (Å²) >= 11 is 0. The zero-order valence-corrected chi connectivity index (χ0v) is 14.4. The van der Waals surface area contributed by atoms with Crippen LogP contribution in [0.2, 0.25) is 0 Å². The fourth-order valence-electron chi connectivity index (χ4n) is 2.97. The van der Waals surface area contributed by atoms with Gasteiger partial charge in [-0.3, -0.25) is 4.99 Å². The average Bonchev–Trinajstić information content (AvgIpc) is 3.05. The molecule has 6 nitrogen and oxygen atoms in total. The Balaban J connectivity index is 1.69. The first-order valence-corrected chi connectivity index (χ1v) is 8.58. The Labute approximate surface area is 144 Å². The van der Waals surface area contributed by atoms with E-state index in [2.05, 4.69) is 15.6 Å². The van der Waals surface area contributed by atoms with Crippen LogP contribution in [0.3, 0.4) is 0 Å². The molecule has 0 bridgehead atoms. The molecule has 1 aliphatic heterocycles. The van der Waals surface area contributed by atoms with E-state index in [4.69, 9.17) is 4.74 Å². The lowest BCUT2D eigenvalue weighted by molar-refractivity contribution is 0.127. The molecule has 6 heteroatoms. The Kier molecular flexibility index (Phi) is 7.34. The van der Waals surface area contributed by atoms with Gasteiger partial charge in [0.1, 0.15) is 5.75 Å². The summed E-state index contributed by atoms with van der Waals surface area (Å²) in [5, 5.41) is 25.2. The molecule has 134 valence electrons. The van der Waals surface area contributed by atoms with Gasteiger partial charge >= 0.3 is 0 Å². The zero-order chi connectivity index (χ0) is 17.3. The van der Waals surface area contributed by atoms with Gasteiger partial charge < -0.3 is 25.6 Å². The fourth-order valence-corrected chi connectivity index (χ4v) is 2.97. The van der Waals surface area contributed by atoms with Crippen molar-refractivity contribution in [1.29, 1.82) is 0 Å². The number of phenols is 1. The second-order valence-electron chi connectivity index (χ2n) is 6.40. The number of ether oxygens (including phenoxy) is 1. The number of aliphatic hydroxyl groups excluding tert-OH is 1. The molecule has 4 N–H and O–H groups in total. The van der Waals surface area contributed by atoms with Crippen molar-refractivity contribution in [3.63, 3.8) is 0 Å². The third kappa shape index (κ3) is 5.69. The number of nitrogens with zero attached hydrogens (tertiary/aromatic N) is 1. The summed E-state index contributed by atoms with van der Waals surface area (Å²) in [7, 11) is 1.76. The number of nitrogens with one attached hydrogen (secondary N) is 2. The summed E-state index contributed by atoms with van der Waals surface area (Å²) in [5.41, 5.74) is 1.22. The predicted octanol–water partition coefficient (Wildman–Crippen LogP) is 1.28. The van der Waals surface area contributed by atoms with Crippen LogP contribution in [0, 0.1) is 5.41 Å². The van der Waals surface area contributed by atoms with Crippen LogP contribution in [-0.4, -0.2) is 56.1 Å². The van der Waals surface area contributed by atoms with Crippen molar-refractivity contribution in [1.82, 2.24) is 10.6 Å². The molecular formula is C18H29N3O3. The third-order valence-corrected chi connectivity index (χ3v) is 4.55. The quantitative estimate of drug-likeness (QED) is 0.327. The normalized spacial score (nSPS) is 21.0. The standard InChI is InChI=1S/C18H29N3O3/c1-19-17(21-13-18(8-11-22)9-12-24-14-18)20-10-2-3-15-4-6-16(23)7-5-15/h4-7,22-23H,2-3,8-14H2,1H3,(H2,19,20,21). The van der Waals surface area contributed by atoms with E-state index in [1.54, 1.807) is 19.2 Å². The highest BCUT2D eigenvalue weighted by molar-refractivity contribution is 5.79. The largest absolute Gasteiger partial charge is 0.508 e. The first-order chi connectivity index (χ1) is 11.7. The highest BCUT2D eigenvalue weighted by atomic mass is 16.5. The highest BCUT2D eigenvalue weighted by Crippen LogP contribution is 2.31. The average molecular weight is 335 g/mol. The van der Waals surface area contributed by atoms with E-state index in [-0.39, 0.29) is 12.0 Å². The number of aromatic hydroxyl groups is 1. The van der Waals surface area contributed by atoms with Gasteiger partial charge in [-0.05, 0) is 43.4 Å². The third-order valence-electron chi connectivity index (χ3n) is 4.55. The zero-order valence-electron chi connectivity index (χ0n) is 14.4. The Bertz CT molecular complexity index is 511. The van der Waals surface area contributed by atoms with Crippen LogP contribution >= 0.6 is 0 Å². The van der Waals surface area contributed by atoms with Gasteiger partial charge in [0.05, 0.1) is 6.61 Å². The summed E-state index contributed by atoms with van der Waals surface area (Å²) in [6, 6.07) is 7.32. The number of rotatable bonds is 8. The summed E-state index contributed by atoms with van der Waals surface area (Å²) in [4.78, 5) is 4.25. The second kappa shape index (κ2) is 9.49. The van der Waals surface area contributed by atoms with Gasteiger partial charge in [-0.25, -0.2) is 0 Å². The topological polar surface area (TPSA) is 86.1 Å². The maximum atomic E-state index is 9.28. The van der Waals surface area contributed by atoms with Crippen molar-refractivity contribution >= 4 is 5.96 Å². The lowest BCUT2D eigenvalue weighted by Gasteiger charge is -2.27. The van der Waals surface area contributed by atoms with Crippen LogP contribution in [-0.2, 0) is 11.2 Å². The predicted molar refractivity (Wildman–Crippen MR) is 95.4 cm³/mol. The number of aliphatic imine (C=N–C) groups is 1. The highest BCUT2D eigenvalue weighted by Gasteiger charge is 2.34. The smallest absolute Gasteiger partial charge is 0.190 e.